The summed E-state index contributed by atoms with van der Waals surface area (Å²) in [6.07, 6.45) is 3.46. The molecule has 1 N–H and O–H groups in total. The Balaban J connectivity index is 2.04. The summed E-state index contributed by atoms with van der Waals surface area (Å²) in [6, 6.07) is 5.63. The number of hydrogen-bond acceptors (Lipinski definition) is 2. The van der Waals surface area contributed by atoms with Crippen LogP contribution in [0.1, 0.15) is 36.0 Å². The molecule has 1 aliphatic carbocycles. The Kier molecular flexibility index (Phi) is 3.66. The first kappa shape index (κ1) is 13.0. The molecule has 3 nitrogen and oxygen atoms in total. The first-order valence-electron chi connectivity index (χ1n) is 6.24. The zero-order valence-electron chi connectivity index (χ0n) is 10.5. The standard InChI is InChI=1S/C14H18FNO2/c1-16(10-14(18)7-2-3-8-14)13(17)11-5-4-6-12(15)9-11/h4-6,9,18H,2-3,7-8,10H2,1H3. The lowest BCUT2D eigenvalue weighted by Crippen LogP contribution is -2.42. The molecule has 98 valence electrons. The van der Waals surface area contributed by atoms with Gasteiger partial charge in [-0.1, -0.05) is 18.9 Å². The molecule has 0 radical (unpaired) electrons. The zero-order valence-corrected chi connectivity index (χ0v) is 10.5. The number of amides is 1. The van der Waals surface area contributed by atoms with Gasteiger partial charge in [0.25, 0.3) is 5.91 Å². The molecule has 2 rings (SSSR count). The highest BCUT2D eigenvalue weighted by molar-refractivity contribution is 5.94. The van der Waals surface area contributed by atoms with E-state index in [4.69, 9.17) is 0 Å². The third-order valence-electron chi connectivity index (χ3n) is 3.48. The number of carbonyl (C=O) groups excluding carboxylic acids is 1. The van der Waals surface area contributed by atoms with Crippen LogP contribution in [0.3, 0.4) is 0 Å². The maximum Gasteiger partial charge on any atom is 0.253 e. The summed E-state index contributed by atoms with van der Waals surface area (Å²) in [5.41, 5.74) is -0.448. The lowest BCUT2D eigenvalue weighted by molar-refractivity contribution is 0.0156. The van der Waals surface area contributed by atoms with Gasteiger partial charge in [0, 0.05) is 19.2 Å². The van der Waals surface area contributed by atoms with Crippen molar-refractivity contribution in [3.05, 3.63) is 35.6 Å². The Morgan fingerprint density at radius 3 is 2.72 bits per heavy atom. The van der Waals surface area contributed by atoms with E-state index < -0.39 is 11.4 Å². The van der Waals surface area contributed by atoms with E-state index in [9.17, 15) is 14.3 Å². The molecule has 0 spiro atoms. The Hall–Kier alpha value is -1.42. The molecule has 1 aromatic rings. The van der Waals surface area contributed by atoms with Crippen LogP contribution < -0.4 is 0 Å². The molecule has 0 unspecified atom stereocenters. The molecule has 1 aromatic carbocycles. The summed E-state index contributed by atoms with van der Waals surface area (Å²) in [6.45, 7) is 0.308. The van der Waals surface area contributed by atoms with Crippen LogP contribution in [0, 0.1) is 5.82 Å². The number of aliphatic hydroxyl groups is 1. The minimum atomic E-state index is -0.766. The number of hydrogen-bond donors (Lipinski definition) is 1. The fourth-order valence-corrected chi connectivity index (χ4v) is 2.55. The van der Waals surface area contributed by atoms with Gasteiger partial charge in [0.05, 0.1) is 5.60 Å². The van der Waals surface area contributed by atoms with Gasteiger partial charge in [0.15, 0.2) is 0 Å². The molecule has 0 saturated heterocycles. The van der Waals surface area contributed by atoms with E-state index in [1.54, 1.807) is 13.1 Å². The lowest BCUT2D eigenvalue weighted by atomic mass is 10.0. The van der Waals surface area contributed by atoms with Gasteiger partial charge in [0.2, 0.25) is 0 Å². The van der Waals surface area contributed by atoms with E-state index in [0.29, 0.717) is 12.1 Å². The van der Waals surface area contributed by atoms with Crippen LogP contribution >= 0.6 is 0 Å². The maximum absolute atomic E-state index is 13.1. The van der Waals surface area contributed by atoms with Gasteiger partial charge >= 0.3 is 0 Å². The van der Waals surface area contributed by atoms with Crippen LogP contribution in [0.15, 0.2) is 24.3 Å². The van der Waals surface area contributed by atoms with Gasteiger partial charge in [-0.25, -0.2) is 4.39 Å². The summed E-state index contributed by atoms with van der Waals surface area (Å²) in [7, 11) is 1.64. The van der Waals surface area contributed by atoms with Gasteiger partial charge in [-0.05, 0) is 31.0 Å². The summed E-state index contributed by atoms with van der Waals surface area (Å²) in [5.74, 6) is -0.677. The largest absolute Gasteiger partial charge is 0.388 e. The average molecular weight is 251 g/mol. The van der Waals surface area contributed by atoms with Crippen molar-refractivity contribution in [1.29, 1.82) is 0 Å². The molecule has 1 amide bonds. The molecular formula is C14H18FNO2. The third-order valence-corrected chi connectivity index (χ3v) is 3.48. The molecule has 4 heteroatoms. The molecular weight excluding hydrogens is 233 g/mol. The summed E-state index contributed by atoms with van der Waals surface area (Å²) >= 11 is 0. The van der Waals surface area contributed by atoms with E-state index in [0.717, 1.165) is 25.7 Å². The van der Waals surface area contributed by atoms with Crippen LogP contribution in [0.2, 0.25) is 0 Å². The van der Waals surface area contributed by atoms with Crippen molar-refractivity contribution in [1.82, 2.24) is 4.90 Å². The summed E-state index contributed by atoms with van der Waals surface area (Å²) in [4.78, 5) is 13.5. The van der Waals surface area contributed by atoms with Crippen molar-refractivity contribution in [3.63, 3.8) is 0 Å². The molecule has 0 bridgehead atoms. The minimum absolute atomic E-state index is 0.255. The second-order valence-electron chi connectivity index (χ2n) is 5.10. The average Bonchev–Trinajstić information content (AvgIpc) is 2.74. The topological polar surface area (TPSA) is 40.5 Å². The fraction of sp³-hybridized carbons (Fsp3) is 0.500. The Labute approximate surface area is 106 Å². The second-order valence-corrected chi connectivity index (χ2v) is 5.10. The molecule has 1 aliphatic rings. The van der Waals surface area contributed by atoms with E-state index >= 15 is 0 Å². The second kappa shape index (κ2) is 5.06. The van der Waals surface area contributed by atoms with E-state index in [2.05, 4.69) is 0 Å². The predicted octanol–water partition coefficient (Wildman–Crippen LogP) is 2.20. The fourth-order valence-electron chi connectivity index (χ4n) is 2.55. The predicted molar refractivity (Wildman–Crippen MR) is 66.8 cm³/mol. The quantitative estimate of drug-likeness (QED) is 0.894. The van der Waals surface area contributed by atoms with Crippen LogP contribution in [0.25, 0.3) is 0 Å². The monoisotopic (exact) mass is 251 g/mol. The van der Waals surface area contributed by atoms with E-state index in [1.807, 2.05) is 0 Å². The number of nitrogens with zero attached hydrogens (tertiary/aromatic N) is 1. The first-order chi connectivity index (χ1) is 8.50. The van der Waals surface area contributed by atoms with Crippen LogP contribution in [0.4, 0.5) is 4.39 Å². The van der Waals surface area contributed by atoms with E-state index in [-0.39, 0.29) is 5.91 Å². The SMILES string of the molecule is CN(CC1(O)CCCC1)C(=O)c1cccc(F)c1. The summed E-state index contributed by atoms with van der Waals surface area (Å²) in [5, 5.41) is 10.2. The number of likely N-dealkylation sites (N-methyl/N-ethyl adjacent to an activating group) is 1. The lowest BCUT2D eigenvalue weighted by Gasteiger charge is -2.28. The van der Waals surface area contributed by atoms with Crippen molar-refractivity contribution < 1.29 is 14.3 Å². The van der Waals surface area contributed by atoms with Crippen LogP contribution in [0.5, 0.6) is 0 Å². The van der Waals surface area contributed by atoms with Gasteiger partial charge in [-0.3, -0.25) is 4.79 Å². The summed E-state index contributed by atoms with van der Waals surface area (Å²) < 4.78 is 13.1. The Morgan fingerprint density at radius 2 is 2.11 bits per heavy atom. The molecule has 18 heavy (non-hydrogen) atoms. The third kappa shape index (κ3) is 2.88. The van der Waals surface area contributed by atoms with Crippen molar-refractivity contribution in [3.8, 4) is 0 Å². The highest BCUT2D eigenvalue weighted by Crippen LogP contribution is 2.30. The van der Waals surface area contributed by atoms with Gasteiger partial charge in [-0.15, -0.1) is 0 Å². The van der Waals surface area contributed by atoms with Crippen molar-refractivity contribution in [2.75, 3.05) is 13.6 Å². The zero-order chi connectivity index (χ0) is 13.2. The Morgan fingerprint density at radius 1 is 1.44 bits per heavy atom. The highest BCUT2D eigenvalue weighted by Gasteiger charge is 2.33. The van der Waals surface area contributed by atoms with Gasteiger partial charge in [-0.2, -0.15) is 0 Å². The molecule has 1 saturated carbocycles. The van der Waals surface area contributed by atoms with E-state index in [1.165, 1.54) is 23.1 Å². The van der Waals surface area contributed by atoms with Crippen LogP contribution in [-0.4, -0.2) is 35.1 Å². The normalized spacial score (nSPS) is 17.7. The molecule has 0 aromatic heterocycles. The van der Waals surface area contributed by atoms with Gasteiger partial charge in [0.1, 0.15) is 5.82 Å². The van der Waals surface area contributed by atoms with Gasteiger partial charge < -0.3 is 10.0 Å². The smallest absolute Gasteiger partial charge is 0.253 e. The van der Waals surface area contributed by atoms with Crippen molar-refractivity contribution in [2.45, 2.75) is 31.3 Å². The number of rotatable bonds is 3. The number of carbonyl (C=O) groups is 1. The van der Waals surface area contributed by atoms with Crippen LogP contribution in [-0.2, 0) is 0 Å². The molecule has 0 atom stereocenters. The first-order valence-corrected chi connectivity index (χ1v) is 6.24. The minimum Gasteiger partial charge on any atom is -0.388 e. The molecule has 0 heterocycles. The van der Waals surface area contributed by atoms with Crippen molar-refractivity contribution >= 4 is 5.91 Å². The maximum atomic E-state index is 13.1. The Bertz CT molecular complexity index is 441. The molecule has 1 fully saturated rings. The number of benzene rings is 1. The highest BCUT2D eigenvalue weighted by atomic mass is 19.1. The molecule has 0 aliphatic heterocycles. The number of halogens is 1. The van der Waals surface area contributed by atoms with Crippen molar-refractivity contribution in [2.24, 2.45) is 0 Å².